The second-order valence-corrected chi connectivity index (χ2v) is 7.80. The van der Waals surface area contributed by atoms with Crippen LogP contribution in [-0.4, -0.2) is 22.4 Å². The average Bonchev–Trinajstić information content (AvgIpc) is 2.86. The van der Waals surface area contributed by atoms with Crippen molar-refractivity contribution >= 4 is 29.0 Å². The SMILES string of the molecule is CCOc1cc(/C=C(/C#N)C(=O)Nc2c(C)cccc2C)ccc1Oc1ccc([N+](=O)[O-])cc1[N+](=O)[O-]. The highest BCUT2D eigenvalue weighted by atomic mass is 16.6. The van der Waals surface area contributed by atoms with Gasteiger partial charge in [-0.1, -0.05) is 24.3 Å². The maximum Gasteiger partial charge on any atom is 0.318 e. The number of non-ortho nitro benzene ring substituents is 1. The molecule has 0 heterocycles. The number of nitro benzene ring substituents is 2. The number of hydrogen-bond donors (Lipinski definition) is 1. The Balaban J connectivity index is 1.93. The van der Waals surface area contributed by atoms with Crippen molar-refractivity contribution in [1.29, 1.82) is 5.26 Å². The van der Waals surface area contributed by atoms with Gasteiger partial charge in [-0.25, -0.2) is 0 Å². The van der Waals surface area contributed by atoms with Gasteiger partial charge in [0.1, 0.15) is 11.6 Å². The van der Waals surface area contributed by atoms with Gasteiger partial charge in [-0.3, -0.25) is 25.0 Å². The van der Waals surface area contributed by atoms with Crippen molar-refractivity contribution in [2.24, 2.45) is 0 Å². The number of benzene rings is 3. The number of nitrogens with one attached hydrogen (secondary N) is 1. The molecule has 0 bridgehead atoms. The molecular formula is C26H22N4O7. The lowest BCUT2D eigenvalue weighted by molar-refractivity contribution is -0.394. The third kappa shape index (κ3) is 6.26. The number of carbonyl (C=O) groups is 1. The third-order valence-electron chi connectivity index (χ3n) is 5.23. The molecule has 0 saturated carbocycles. The molecule has 0 aliphatic rings. The molecule has 1 N–H and O–H groups in total. The summed E-state index contributed by atoms with van der Waals surface area (Å²) >= 11 is 0. The molecule has 0 saturated heterocycles. The topological polar surface area (TPSA) is 158 Å². The summed E-state index contributed by atoms with van der Waals surface area (Å²) < 4.78 is 11.3. The van der Waals surface area contributed by atoms with Crippen LogP contribution in [0.1, 0.15) is 23.6 Å². The summed E-state index contributed by atoms with van der Waals surface area (Å²) in [7, 11) is 0. The van der Waals surface area contributed by atoms with Gasteiger partial charge < -0.3 is 14.8 Å². The molecule has 11 heteroatoms. The highest BCUT2D eigenvalue weighted by Gasteiger charge is 2.22. The van der Waals surface area contributed by atoms with E-state index in [0.29, 0.717) is 11.3 Å². The first-order valence-electron chi connectivity index (χ1n) is 11.0. The molecule has 0 fully saturated rings. The lowest BCUT2D eigenvalue weighted by Gasteiger charge is -2.13. The number of carbonyl (C=O) groups excluding carboxylic acids is 1. The second-order valence-electron chi connectivity index (χ2n) is 7.80. The molecule has 0 aliphatic carbocycles. The summed E-state index contributed by atoms with van der Waals surface area (Å²) in [5, 5.41) is 34.8. The van der Waals surface area contributed by atoms with E-state index in [1.54, 1.807) is 13.0 Å². The van der Waals surface area contributed by atoms with E-state index in [0.717, 1.165) is 29.3 Å². The molecule has 11 nitrogen and oxygen atoms in total. The van der Waals surface area contributed by atoms with Crippen LogP contribution >= 0.6 is 0 Å². The van der Waals surface area contributed by atoms with Crippen LogP contribution in [0.25, 0.3) is 6.08 Å². The minimum atomic E-state index is -0.784. The van der Waals surface area contributed by atoms with Crippen LogP contribution in [0.15, 0.2) is 60.2 Å². The second kappa shape index (κ2) is 11.5. The Morgan fingerprint density at radius 3 is 2.27 bits per heavy atom. The molecule has 0 aliphatic heterocycles. The summed E-state index contributed by atoms with van der Waals surface area (Å²) in [6.45, 7) is 5.64. The molecular weight excluding hydrogens is 480 g/mol. The fourth-order valence-electron chi connectivity index (χ4n) is 3.44. The Bertz CT molecular complexity index is 1440. The van der Waals surface area contributed by atoms with E-state index in [4.69, 9.17) is 9.47 Å². The minimum Gasteiger partial charge on any atom is -0.490 e. The maximum absolute atomic E-state index is 12.8. The maximum atomic E-state index is 12.8. The Hall–Kier alpha value is -5.24. The van der Waals surface area contributed by atoms with E-state index in [2.05, 4.69) is 5.32 Å². The van der Waals surface area contributed by atoms with Gasteiger partial charge >= 0.3 is 5.69 Å². The van der Waals surface area contributed by atoms with Gasteiger partial charge in [0.2, 0.25) is 5.75 Å². The zero-order valence-corrected chi connectivity index (χ0v) is 20.2. The minimum absolute atomic E-state index is 0.106. The van der Waals surface area contributed by atoms with Crippen LogP contribution in [0.4, 0.5) is 17.1 Å². The van der Waals surface area contributed by atoms with E-state index < -0.39 is 27.1 Å². The highest BCUT2D eigenvalue weighted by molar-refractivity contribution is 6.10. The standard InChI is InChI=1S/C26H22N4O7/c1-4-36-24-13-18(12-19(15-27)26(31)28-25-16(2)6-5-7-17(25)3)8-10-23(24)37-22-11-9-20(29(32)33)14-21(22)30(34)35/h5-14H,4H2,1-3H3,(H,28,31)/b19-12-. The van der Waals surface area contributed by atoms with E-state index in [9.17, 15) is 30.3 Å². The van der Waals surface area contributed by atoms with Gasteiger partial charge in [-0.2, -0.15) is 5.26 Å². The van der Waals surface area contributed by atoms with Crippen LogP contribution in [0.5, 0.6) is 17.2 Å². The van der Waals surface area contributed by atoms with E-state index >= 15 is 0 Å². The summed E-state index contributed by atoms with van der Waals surface area (Å²) in [5.41, 5.74) is 1.59. The van der Waals surface area contributed by atoms with E-state index in [1.165, 1.54) is 18.2 Å². The van der Waals surface area contributed by atoms with Crippen LogP contribution in [-0.2, 0) is 4.79 Å². The molecule has 3 aromatic rings. The fourth-order valence-corrected chi connectivity index (χ4v) is 3.44. The number of hydrogen-bond acceptors (Lipinski definition) is 8. The Labute approximate surface area is 211 Å². The van der Waals surface area contributed by atoms with Gasteiger partial charge in [0.15, 0.2) is 11.5 Å². The van der Waals surface area contributed by atoms with E-state index in [-0.39, 0.29) is 29.4 Å². The predicted octanol–water partition coefficient (Wildman–Crippen LogP) is 5.86. The number of anilines is 1. The zero-order chi connectivity index (χ0) is 27.1. The van der Waals surface area contributed by atoms with Gasteiger partial charge in [0, 0.05) is 11.8 Å². The number of aryl methyl sites for hydroxylation is 2. The molecule has 0 spiro atoms. The quantitative estimate of drug-likeness (QED) is 0.165. The molecule has 0 radical (unpaired) electrons. The van der Waals surface area contributed by atoms with Crippen molar-refractivity contribution in [2.45, 2.75) is 20.8 Å². The number of para-hydroxylation sites is 1. The molecule has 37 heavy (non-hydrogen) atoms. The molecule has 188 valence electrons. The highest BCUT2D eigenvalue weighted by Crippen LogP contribution is 2.38. The van der Waals surface area contributed by atoms with Crippen LogP contribution in [0.2, 0.25) is 0 Å². The van der Waals surface area contributed by atoms with Crippen molar-refractivity contribution in [3.05, 3.63) is 97.1 Å². The van der Waals surface area contributed by atoms with Gasteiger partial charge in [-0.05, 0) is 61.7 Å². The van der Waals surface area contributed by atoms with Crippen molar-refractivity contribution in [3.8, 4) is 23.3 Å². The number of amides is 1. The molecule has 0 unspecified atom stereocenters. The largest absolute Gasteiger partial charge is 0.490 e. The monoisotopic (exact) mass is 502 g/mol. The molecule has 1 amide bonds. The summed E-state index contributed by atoms with van der Waals surface area (Å²) in [6.07, 6.45) is 1.38. The Kier molecular flexibility index (Phi) is 8.17. The predicted molar refractivity (Wildman–Crippen MR) is 136 cm³/mol. The van der Waals surface area contributed by atoms with E-state index in [1.807, 2.05) is 38.1 Å². The van der Waals surface area contributed by atoms with Crippen LogP contribution in [0.3, 0.4) is 0 Å². The Morgan fingerprint density at radius 2 is 1.68 bits per heavy atom. The van der Waals surface area contributed by atoms with Crippen molar-refractivity contribution in [2.75, 3.05) is 11.9 Å². The number of nitrogens with zero attached hydrogens (tertiary/aromatic N) is 3. The van der Waals surface area contributed by atoms with Crippen LogP contribution in [0, 0.1) is 45.4 Å². The smallest absolute Gasteiger partial charge is 0.318 e. The third-order valence-corrected chi connectivity index (χ3v) is 5.23. The Morgan fingerprint density at radius 1 is 1.00 bits per heavy atom. The lowest BCUT2D eigenvalue weighted by atomic mass is 10.1. The number of ether oxygens (including phenoxy) is 2. The molecule has 0 aromatic heterocycles. The zero-order valence-electron chi connectivity index (χ0n) is 20.2. The van der Waals surface area contributed by atoms with Gasteiger partial charge in [0.25, 0.3) is 11.6 Å². The molecule has 3 rings (SSSR count). The van der Waals surface area contributed by atoms with Crippen molar-refractivity contribution in [1.82, 2.24) is 0 Å². The number of nitriles is 1. The first kappa shape index (κ1) is 26.4. The first-order chi connectivity index (χ1) is 17.6. The average molecular weight is 502 g/mol. The van der Waals surface area contributed by atoms with Crippen molar-refractivity contribution < 1.29 is 24.1 Å². The summed E-state index contributed by atoms with van der Waals surface area (Å²) in [5.74, 6) is -0.504. The fraction of sp³-hybridized carbons (Fsp3) is 0.154. The molecule has 0 atom stereocenters. The normalized spacial score (nSPS) is 10.8. The molecule has 3 aromatic carbocycles. The van der Waals surface area contributed by atoms with Crippen molar-refractivity contribution in [3.63, 3.8) is 0 Å². The summed E-state index contributed by atoms with van der Waals surface area (Å²) in [4.78, 5) is 33.7. The number of rotatable bonds is 9. The van der Waals surface area contributed by atoms with Gasteiger partial charge in [0.05, 0.1) is 22.5 Å². The first-order valence-corrected chi connectivity index (χ1v) is 11.0. The van der Waals surface area contributed by atoms with Gasteiger partial charge in [-0.15, -0.1) is 0 Å². The van der Waals surface area contributed by atoms with Crippen LogP contribution < -0.4 is 14.8 Å². The number of nitro groups is 2. The lowest BCUT2D eigenvalue weighted by Crippen LogP contribution is -2.15. The summed E-state index contributed by atoms with van der Waals surface area (Å²) in [6, 6.07) is 15.0.